The molecular formula is C26H25NO6. The molecule has 7 nitrogen and oxygen atoms in total. The number of hydrogen-bond donors (Lipinski definition) is 2. The van der Waals surface area contributed by atoms with Gasteiger partial charge in [0.2, 0.25) is 0 Å². The molecule has 0 saturated carbocycles. The molecule has 0 heterocycles. The molecule has 0 fully saturated rings. The summed E-state index contributed by atoms with van der Waals surface area (Å²) in [5, 5.41) is 12.1. The van der Waals surface area contributed by atoms with Crippen LogP contribution in [0.5, 0.6) is 11.5 Å². The molecule has 0 aliphatic heterocycles. The highest BCUT2D eigenvalue weighted by Crippen LogP contribution is 2.44. The molecule has 1 aliphatic rings. The van der Waals surface area contributed by atoms with E-state index in [1.807, 2.05) is 36.4 Å². The van der Waals surface area contributed by atoms with E-state index in [2.05, 4.69) is 17.4 Å². The number of alkyl carbamates (subject to hydrolysis) is 1. The number of rotatable bonds is 8. The first-order valence-electron chi connectivity index (χ1n) is 10.6. The number of carboxylic acids is 1. The molecule has 33 heavy (non-hydrogen) atoms. The van der Waals surface area contributed by atoms with Crippen LogP contribution in [0.3, 0.4) is 0 Å². The van der Waals surface area contributed by atoms with E-state index >= 15 is 0 Å². The van der Waals surface area contributed by atoms with Crippen LogP contribution >= 0.6 is 0 Å². The zero-order valence-corrected chi connectivity index (χ0v) is 18.4. The second kappa shape index (κ2) is 9.65. The van der Waals surface area contributed by atoms with E-state index in [1.54, 1.807) is 18.2 Å². The average molecular weight is 447 g/mol. The lowest BCUT2D eigenvalue weighted by molar-refractivity contribution is -0.137. The summed E-state index contributed by atoms with van der Waals surface area (Å²) in [6, 6.07) is 20.3. The second-order valence-electron chi connectivity index (χ2n) is 7.77. The van der Waals surface area contributed by atoms with Crippen molar-refractivity contribution in [3.05, 3.63) is 83.4 Å². The number of nitrogens with one attached hydrogen (secondary N) is 1. The predicted octanol–water partition coefficient (Wildman–Crippen LogP) is 4.76. The van der Waals surface area contributed by atoms with E-state index in [0.717, 1.165) is 22.3 Å². The second-order valence-corrected chi connectivity index (χ2v) is 7.77. The van der Waals surface area contributed by atoms with Gasteiger partial charge in [-0.25, -0.2) is 4.79 Å². The molecule has 3 aromatic rings. The normalized spacial score (nSPS) is 12.9. The van der Waals surface area contributed by atoms with E-state index in [4.69, 9.17) is 14.2 Å². The number of benzene rings is 3. The number of methoxy groups -OCH3 is 2. The third-order valence-electron chi connectivity index (χ3n) is 5.79. The topological polar surface area (TPSA) is 94.1 Å². The Morgan fingerprint density at radius 2 is 1.45 bits per heavy atom. The lowest BCUT2D eigenvalue weighted by Crippen LogP contribution is -2.31. The summed E-state index contributed by atoms with van der Waals surface area (Å²) in [4.78, 5) is 24.2. The number of amides is 1. The molecule has 1 atom stereocenters. The minimum Gasteiger partial charge on any atom is -0.497 e. The molecule has 0 unspecified atom stereocenters. The van der Waals surface area contributed by atoms with Crippen LogP contribution in [0.25, 0.3) is 11.1 Å². The molecule has 170 valence electrons. The molecule has 0 radical (unpaired) electrons. The Kier molecular flexibility index (Phi) is 6.49. The van der Waals surface area contributed by atoms with Gasteiger partial charge in [-0.15, -0.1) is 0 Å². The van der Waals surface area contributed by atoms with Crippen LogP contribution in [0.4, 0.5) is 4.79 Å². The van der Waals surface area contributed by atoms with Crippen molar-refractivity contribution in [2.24, 2.45) is 0 Å². The van der Waals surface area contributed by atoms with Gasteiger partial charge in [0.1, 0.15) is 18.1 Å². The highest BCUT2D eigenvalue weighted by atomic mass is 16.5. The summed E-state index contributed by atoms with van der Waals surface area (Å²) < 4.78 is 16.1. The Bertz CT molecular complexity index is 1110. The van der Waals surface area contributed by atoms with Gasteiger partial charge in [-0.05, 0) is 39.9 Å². The van der Waals surface area contributed by atoms with E-state index in [0.29, 0.717) is 17.1 Å². The van der Waals surface area contributed by atoms with Gasteiger partial charge >= 0.3 is 12.1 Å². The fourth-order valence-electron chi connectivity index (χ4n) is 4.24. The Balaban J connectivity index is 1.51. The molecule has 1 amide bonds. The monoisotopic (exact) mass is 447 g/mol. The lowest BCUT2D eigenvalue weighted by Gasteiger charge is -2.20. The number of ether oxygens (including phenoxy) is 3. The fraction of sp³-hybridized carbons (Fsp3) is 0.231. The summed E-state index contributed by atoms with van der Waals surface area (Å²) in [6.07, 6.45) is -1.01. The SMILES string of the molecule is COc1cc(OC)cc([C@@H](CC(=O)O)NC(=O)OCC2c3ccccc3-c3ccccc32)c1. The smallest absolute Gasteiger partial charge is 0.407 e. The van der Waals surface area contributed by atoms with E-state index in [9.17, 15) is 14.7 Å². The Hall–Kier alpha value is -4.00. The summed E-state index contributed by atoms with van der Waals surface area (Å²) in [5.41, 5.74) is 5.02. The zero-order chi connectivity index (χ0) is 23.4. The molecule has 2 N–H and O–H groups in total. The number of aliphatic carboxylic acids is 1. The van der Waals surface area contributed by atoms with Crippen molar-refractivity contribution in [3.63, 3.8) is 0 Å². The summed E-state index contributed by atoms with van der Waals surface area (Å²) >= 11 is 0. The molecular weight excluding hydrogens is 422 g/mol. The first kappa shape index (κ1) is 22.2. The number of carbonyl (C=O) groups is 2. The van der Waals surface area contributed by atoms with Gasteiger partial charge in [0.05, 0.1) is 26.7 Å². The van der Waals surface area contributed by atoms with Crippen LogP contribution in [-0.4, -0.2) is 38.0 Å². The molecule has 0 bridgehead atoms. The lowest BCUT2D eigenvalue weighted by atomic mass is 9.98. The minimum atomic E-state index is -1.05. The molecule has 7 heteroatoms. The molecule has 4 rings (SSSR count). The predicted molar refractivity (Wildman–Crippen MR) is 123 cm³/mol. The van der Waals surface area contributed by atoms with Crippen molar-refractivity contribution in [1.82, 2.24) is 5.32 Å². The van der Waals surface area contributed by atoms with Crippen molar-refractivity contribution in [3.8, 4) is 22.6 Å². The van der Waals surface area contributed by atoms with Crippen LogP contribution in [0.15, 0.2) is 66.7 Å². The number of carboxylic acid groups (broad SMARTS) is 1. The van der Waals surface area contributed by atoms with Crippen molar-refractivity contribution >= 4 is 12.1 Å². The van der Waals surface area contributed by atoms with E-state index < -0.39 is 18.1 Å². The number of fused-ring (bicyclic) bond motifs is 3. The van der Waals surface area contributed by atoms with Gasteiger partial charge < -0.3 is 24.6 Å². The Morgan fingerprint density at radius 1 is 0.909 bits per heavy atom. The third kappa shape index (κ3) is 4.77. The zero-order valence-electron chi connectivity index (χ0n) is 18.4. The van der Waals surface area contributed by atoms with Gasteiger partial charge in [-0.1, -0.05) is 48.5 Å². The van der Waals surface area contributed by atoms with Crippen molar-refractivity contribution < 1.29 is 28.9 Å². The van der Waals surface area contributed by atoms with Crippen LogP contribution in [0, 0.1) is 0 Å². The maximum Gasteiger partial charge on any atom is 0.407 e. The molecule has 0 spiro atoms. The first-order chi connectivity index (χ1) is 16.0. The third-order valence-corrected chi connectivity index (χ3v) is 5.79. The van der Waals surface area contributed by atoms with Gasteiger partial charge in [0.15, 0.2) is 0 Å². The standard InChI is InChI=1S/C26H25NO6/c1-31-17-11-16(12-18(13-17)32-2)24(14-25(28)29)27-26(30)33-15-23-21-9-5-3-7-19(21)20-8-4-6-10-22(20)23/h3-13,23-24H,14-15H2,1-2H3,(H,27,30)(H,28,29)/t24-/m1/s1. The maximum atomic E-state index is 12.7. The molecule has 0 aromatic heterocycles. The largest absolute Gasteiger partial charge is 0.497 e. The van der Waals surface area contributed by atoms with Crippen LogP contribution in [0.2, 0.25) is 0 Å². The number of carbonyl (C=O) groups excluding carboxylic acids is 1. The quantitative estimate of drug-likeness (QED) is 0.517. The van der Waals surface area contributed by atoms with Crippen LogP contribution in [-0.2, 0) is 9.53 Å². The molecule has 1 aliphatic carbocycles. The molecule has 3 aromatic carbocycles. The summed E-state index contributed by atoms with van der Waals surface area (Å²) in [6.45, 7) is 0.140. The highest BCUT2D eigenvalue weighted by Gasteiger charge is 2.29. The highest BCUT2D eigenvalue weighted by molar-refractivity contribution is 5.79. The Morgan fingerprint density at radius 3 is 1.97 bits per heavy atom. The van der Waals surface area contributed by atoms with Gasteiger partial charge in [0.25, 0.3) is 0 Å². The van der Waals surface area contributed by atoms with E-state index in [1.165, 1.54) is 14.2 Å². The molecule has 0 saturated heterocycles. The van der Waals surface area contributed by atoms with Crippen molar-refractivity contribution in [1.29, 1.82) is 0 Å². The number of hydrogen-bond acceptors (Lipinski definition) is 5. The first-order valence-corrected chi connectivity index (χ1v) is 10.6. The van der Waals surface area contributed by atoms with E-state index in [-0.39, 0.29) is 18.9 Å². The van der Waals surface area contributed by atoms with Gasteiger partial charge in [-0.3, -0.25) is 4.79 Å². The van der Waals surface area contributed by atoms with Crippen LogP contribution in [0.1, 0.15) is 35.1 Å². The summed E-state index contributed by atoms with van der Waals surface area (Å²) in [5.74, 6) is -0.151. The maximum absolute atomic E-state index is 12.7. The van der Waals surface area contributed by atoms with Gasteiger partial charge in [0, 0.05) is 12.0 Å². The van der Waals surface area contributed by atoms with Gasteiger partial charge in [-0.2, -0.15) is 0 Å². The average Bonchev–Trinajstić information content (AvgIpc) is 3.15. The Labute approximate surface area is 191 Å². The fourth-order valence-corrected chi connectivity index (χ4v) is 4.24. The minimum absolute atomic E-state index is 0.0852. The van der Waals surface area contributed by atoms with Crippen molar-refractivity contribution in [2.75, 3.05) is 20.8 Å². The van der Waals surface area contributed by atoms with Crippen molar-refractivity contribution in [2.45, 2.75) is 18.4 Å². The van der Waals surface area contributed by atoms with Crippen LogP contribution < -0.4 is 14.8 Å². The summed E-state index contributed by atoms with van der Waals surface area (Å²) in [7, 11) is 3.01.